The summed E-state index contributed by atoms with van der Waals surface area (Å²) >= 11 is 0. The highest BCUT2D eigenvalue weighted by atomic mass is 16.6. The largest absolute Gasteiger partial charge is 0.478 e. The number of amides is 2. The Morgan fingerprint density at radius 3 is 2.47 bits per heavy atom. The molecular weight excluding hydrogens is 384 g/mol. The fourth-order valence-electron chi connectivity index (χ4n) is 3.39. The summed E-state index contributed by atoms with van der Waals surface area (Å²) in [5.41, 5.74) is 2.04. The van der Waals surface area contributed by atoms with Gasteiger partial charge < -0.3 is 15.2 Å². The van der Waals surface area contributed by atoms with Gasteiger partial charge in [0.2, 0.25) is 5.91 Å². The normalized spacial score (nSPS) is 16.7. The molecule has 2 aromatic rings. The molecule has 0 bridgehead atoms. The number of benzene rings is 2. The van der Waals surface area contributed by atoms with Crippen LogP contribution in [0.4, 0.5) is 4.79 Å². The van der Waals surface area contributed by atoms with Crippen LogP contribution in [0.5, 0.6) is 0 Å². The van der Waals surface area contributed by atoms with Crippen LogP contribution in [-0.2, 0) is 16.0 Å². The van der Waals surface area contributed by atoms with Gasteiger partial charge in [-0.25, -0.2) is 9.59 Å². The highest BCUT2D eigenvalue weighted by Crippen LogP contribution is 2.24. The van der Waals surface area contributed by atoms with Crippen LogP contribution in [0.1, 0.15) is 36.7 Å². The van der Waals surface area contributed by atoms with E-state index in [9.17, 15) is 19.5 Å². The van der Waals surface area contributed by atoms with Gasteiger partial charge in [0.1, 0.15) is 11.6 Å². The number of aromatic carboxylic acids is 1. The zero-order valence-electron chi connectivity index (χ0n) is 17.3. The first-order valence-electron chi connectivity index (χ1n) is 9.84. The summed E-state index contributed by atoms with van der Waals surface area (Å²) in [4.78, 5) is 37.9. The number of rotatable bonds is 4. The van der Waals surface area contributed by atoms with Crippen molar-refractivity contribution in [1.29, 1.82) is 0 Å². The van der Waals surface area contributed by atoms with E-state index in [-0.39, 0.29) is 11.5 Å². The number of nitrogens with zero attached hydrogens (tertiary/aromatic N) is 1. The van der Waals surface area contributed by atoms with Crippen molar-refractivity contribution in [3.05, 3.63) is 59.7 Å². The van der Waals surface area contributed by atoms with Crippen LogP contribution in [0.25, 0.3) is 11.1 Å². The SMILES string of the molecule is CC(C)(C)OC(=O)N1CCNC(=O)C1Cc1cccc(-c2cccc(C(=O)O)c2)c1. The van der Waals surface area contributed by atoms with Crippen LogP contribution in [-0.4, -0.2) is 52.7 Å². The lowest BCUT2D eigenvalue weighted by molar-refractivity contribution is -0.128. The lowest BCUT2D eigenvalue weighted by Crippen LogP contribution is -2.58. The Hall–Kier alpha value is -3.35. The molecule has 7 nitrogen and oxygen atoms in total. The fraction of sp³-hybridized carbons (Fsp3) is 0.348. The van der Waals surface area contributed by atoms with Gasteiger partial charge in [-0.3, -0.25) is 9.69 Å². The van der Waals surface area contributed by atoms with Crippen molar-refractivity contribution in [2.24, 2.45) is 0 Å². The standard InChI is InChI=1S/C23H26N2O5/c1-23(2,3)30-22(29)25-11-10-24-20(26)19(25)13-15-6-4-7-16(12-15)17-8-5-9-18(14-17)21(27)28/h4-9,12,14,19H,10-11,13H2,1-3H3,(H,24,26)(H,27,28). The lowest BCUT2D eigenvalue weighted by atomic mass is 9.97. The summed E-state index contributed by atoms with van der Waals surface area (Å²) in [6.07, 6.45) is -0.176. The van der Waals surface area contributed by atoms with E-state index in [1.54, 1.807) is 39.0 Å². The minimum absolute atomic E-state index is 0.209. The van der Waals surface area contributed by atoms with Crippen LogP contribution in [0, 0.1) is 0 Å². The van der Waals surface area contributed by atoms with E-state index in [1.807, 2.05) is 30.3 Å². The molecule has 2 N–H and O–H groups in total. The third-order valence-electron chi connectivity index (χ3n) is 4.76. The number of carbonyl (C=O) groups is 3. The van der Waals surface area contributed by atoms with E-state index in [2.05, 4.69) is 5.32 Å². The van der Waals surface area contributed by atoms with Crippen molar-refractivity contribution in [2.75, 3.05) is 13.1 Å². The average Bonchev–Trinajstić information content (AvgIpc) is 2.68. The van der Waals surface area contributed by atoms with Crippen LogP contribution < -0.4 is 5.32 Å². The van der Waals surface area contributed by atoms with Crippen LogP contribution in [0.2, 0.25) is 0 Å². The van der Waals surface area contributed by atoms with E-state index in [1.165, 1.54) is 4.90 Å². The van der Waals surface area contributed by atoms with E-state index >= 15 is 0 Å². The van der Waals surface area contributed by atoms with Crippen molar-refractivity contribution in [2.45, 2.75) is 38.8 Å². The van der Waals surface area contributed by atoms with Crippen molar-refractivity contribution in [3.63, 3.8) is 0 Å². The van der Waals surface area contributed by atoms with E-state index < -0.39 is 23.7 Å². The molecule has 1 aliphatic heterocycles. The highest BCUT2D eigenvalue weighted by Gasteiger charge is 2.35. The number of carboxylic acid groups (broad SMARTS) is 1. The summed E-state index contributed by atoms with van der Waals surface area (Å²) in [5, 5.41) is 12.0. The van der Waals surface area contributed by atoms with Gasteiger partial charge in [-0.2, -0.15) is 0 Å². The summed E-state index contributed by atoms with van der Waals surface area (Å²) < 4.78 is 5.47. The third kappa shape index (κ3) is 5.17. The Morgan fingerprint density at radius 1 is 1.13 bits per heavy atom. The second-order valence-electron chi connectivity index (χ2n) is 8.27. The summed E-state index contributed by atoms with van der Waals surface area (Å²) in [6.45, 7) is 6.14. The second kappa shape index (κ2) is 8.57. The molecule has 1 aliphatic rings. The highest BCUT2D eigenvalue weighted by molar-refractivity contribution is 5.89. The summed E-state index contributed by atoms with van der Waals surface area (Å²) in [7, 11) is 0. The van der Waals surface area contributed by atoms with Crippen molar-refractivity contribution in [1.82, 2.24) is 10.2 Å². The Balaban J connectivity index is 1.84. The van der Waals surface area contributed by atoms with Crippen molar-refractivity contribution in [3.8, 4) is 11.1 Å². The van der Waals surface area contributed by atoms with Crippen LogP contribution in [0.15, 0.2) is 48.5 Å². The van der Waals surface area contributed by atoms with Gasteiger partial charge in [0.05, 0.1) is 5.56 Å². The van der Waals surface area contributed by atoms with Gasteiger partial charge >= 0.3 is 12.1 Å². The Kier molecular flexibility index (Phi) is 6.10. The molecule has 0 radical (unpaired) electrons. The molecule has 2 aromatic carbocycles. The van der Waals surface area contributed by atoms with Crippen LogP contribution >= 0.6 is 0 Å². The van der Waals surface area contributed by atoms with Gasteiger partial charge in [-0.1, -0.05) is 36.4 Å². The number of nitrogens with one attached hydrogen (secondary N) is 1. The maximum absolute atomic E-state index is 12.6. The molecule has 1 fully saturated rings. The first-order valence-corrected chi connectivity index (χ1v) is 9.84. The van der Waals surface area contributed by atoms with Crippen molar-refractivity contribution >= 4 is 18.0 Å². The molecule has 3 rings (SSSR count). The predicted molar refractivity (Wildman–Crippen MR) is 112 cm³/mol. The van der Waals surface area contributed by atoms with E-state index in [0.717, 1.165) is 16.7 Å². The Morgan fingerprint density at radius 2 is 1.80 bits per heavy atom. The smallest absolute Gasteiger partial charge is 0.411 e. The maximum Gasteiger partial charge on any atom is 0.411 e. The maximum atomic E-state index is 12.6. The molecular formula is C23H26N2O5. The topological polar surface area (TPSA) is 95.9 Å². The lowest BCUT2D eigenvalue weighted by Gasteiger charge is -2.36. The van der Waals surface area contributed by atoms with Gasteiger partial charge in [0.25, 0.3) is 0 Å². The molecule has 0 spiro atoms. The number of carboxylic acids is 1. The predicted octanol–water partition coefficient (Wildman–Crippen LogP) is 3.33. The zero-order valence-corrected chi connectivity index (χ0v) is 17.3. The minimum atomic E-state index is -0.986. The summed E-state index contributed by atoms with van der Waals surface area (Å²) in [5.74, 6) is -1.20. The first kappa shape index (κ1) is 21.4. The van der Waals surface area contributed by atoms with E-state index in [4.69, 9.17) is 4.74 Å². The van der Waals surface area contributed by atoms with Gasteiger partial charge in [0, 0.05) is 19.5 Å². The molecule has 0 aromatic heterocycles. The van der Waals surface area contributed by atoms with Crippen molar-refractivity contribution < 1.29 is 24.2 Å². The second-order valence-corrected chi connectivity index (χ2v) is 8.27. The third-order valence-corrected chi connectivity index (χ3v) is 4.76. The van der Waals surface area contributed by atoms with Gasteiger partial charge in [0.15, 0.2) is 0 Å². The summed E-state index contributed by atoms with van der Waals surface area (Å²) in [6, 6.07) is 13.6. The van der Waals surface area contributed by atoms with Crippen LogP contribution in [0.3, 0.4) is 0 Å². The molecule has 2 amide bonds. The molecule has 30 heavy (non-hydrogen) atoms. The number of hydrogen-bond donors (Lipinski definition) is 2. The average molecular weight is 410 g/mol. The Labute approximate surface area is 175 Å². The van der Waals surface area contributed by atoms with E-state index in [0.29, 0.717) is 19.5 Å². The fourth-order valence-corrected chi connectivity index (χ4v) is 3.39. The molecule has 1 atom stereocenters. The zero-order chi connectivity index (χ0) is 21.9. The molecule has 1 heterocycles. The first-order chi connectivity index (χ1) is 14.1. The molecule has 7 heteroatoms. The monoisotopic (exact) mass is 410 g/mol. The molecule has 1 unspecified atom stereocenters. The minimum Gasteiger partial charge on any atom is -0.478 e. The van der Waals surface area contributed by atoms with Gasteiger partial charge in [-0.05, 0) is 49.6 Å². The molecule has 1 saturated heterocycles. The Bertz CT molecular complexity index is 964. The van der Waals surface area contributed by atoms with Gasteiger partial charge in [-0.15, -0.1) is 0 Å². The molecule has 0 aliphatic carbocycles. The molecule has 158 valence electrons. The number of ether oxygens (including phenoxy) is 1. The number of piperazine rings is 1. The molecule has 0 saturated carbocycles. The number of carbonyl (C=O) groups excluding carboxylic acids is 2. The number of hydrogen-bond acceptors (Lipinski definition) is 4. The quantitative estimate of drug-likeness (QED) is 0.806.